The van der Waals surface area contributed by atoms with Crippen LogP contribution in [0.4, 0.5) is 0 Å². The second-order valence-corrected chi connectivity index (χ2v) is 1.22. The summed E-state index contributed by atoms with van der Waals surface area (Å²) in [5.74, 6) is 0. The first kappa shape index (κ1) is 5.62. The largest absolute Gasteiger partial charge is 1.00 e. The molecule has 0 amide bonds. The molecule has 0 aromatic heterocycles. The van der Waals surface area contributed by atoms with Gasteiger partial charge in [-0.2, -0.15) is 12.8 Å². The van der Waals surface area contributed by atoms with Crippen LogP contribution in [0.15, 0.2) is 0 Å². The Kier molecular flexibility index (Phi) is 3.19. The molecule has 0 nitrogen and oxygen atoms in total. The quantitative estimate of drug-likeness (QED) is 0.367. The maximum absolute atomic E-state index is 2.31. The normalized spacial score (nSPS) is 19.2. The van der Waals surface area contributed by atoms with Crippen LogP contribution in [-0.4, -0.2) is 0 Å². The molecule has 1 heteroatoms. The van der Waals surface area contributed by atoms with Crippen molar-refractivity contribution in [2.24, 2.45) is 0 Å². The third kappa shape index (κ3) is 1.49. The van der Waals surface area contributed by atoms with Crippen molar-refractivity contribution in [3.05, 3.63) is 6.42 Å². The first-order valence-electron chi connectivity index (χ1n) is 1.82. The van der Waals surface area contributed by atoms with Crippen LogP contribution in [0.25, 0.3) is 0 Å². The summed E-state index contributed by atoms with van der Waals surface area (Å²) in [4.78, 5) is 0. The van der Waals surface area contributed by atoms with Gasteiger partial charge < -0.3 is 6.42 Å². The molecule has 0 aromatic rings. The Hall–Kier alpha value is 0.623. The summed E-state index contributed by atoms with van der Waals surface area (Å²) in [6.07, 6.45) is 6.50. The van der Waals surface area contributed by atoms with E-state index in [9.17, 15) is 0 Å². The molecule has 1 radical (unpaired) electrons. The Morgan fingerprint density at radius 3 is 1.40 bits per heavy atom. The molecule has 1 rings (SSSR count). The molecule has 0 unspecified atom stereocenters. The van der Waals surface area contributed by atoms with Crippen molar-refractivity contribution < 1.29 is 19.5 Å². The van der Waals surface area contributed by atoms with Gasteiger partial charge in [0.15, 0.2) is 0 Å². The first-order valence-corrected chi connectivity index (χ1v) is 1.82. The Balaban J connectivity index is 0.000000160. The molecule has 1 aliphatic carbocycles. The van der Waals surface area contributed by atoms with Gasteiger partial charge in [-0.1, -0.05) is 0 Å². The van der Waals surface area contributed by atoms with Gasteiger partial charge in [-0.15, -0.1) is 6.42 Å². The summed E-state index contributed by atoms with van der Waals surface area (Å²) in [6.45, 7) is 0. The average molecular weight is 156 g/mol. The second kappa shape index (κ2) is 2.84. The third-order valence-electron chi connectivity index (χ3n) is 0.816. The average Bonchev–Trinajstić information content (AvgIpc) is 0.722. The zero-order valence-corrected chi connectivity index (χ0v) is 4.79. The summed E-state index contributed by atoms with van der Waals surface area (Å²) >= 11 is 0. The SMILES string of the molecule is [CH-]1CCC1.[Ru+]. The van der Waals surface area contributed by atoms with Crippen LogP contribution >= 0.6 is 0 Å². The fraction of sp³-hybridized carbons (Fsp3) is 0.750. The van der Waals surface area contributed by atoms with E-state index in [1.165, 1.54) is 19.3 Å². The third-order valence-corrected chi connectivity index (χ3v) is 0.816. The van der Waals surface area contributed by atoms with Crippen LogP contribution in [-0.2, 0) is 19.5 Å². The fourth-order valence-electron chi connectivity index (χ4n) is 0.204. The van der Waals surface area contributed by atoms with Crippen molar-refractivity contribution in [1.82, 2.24) is 0 Å². The molecular weight excluding hydrogens is 149 g/mol. The van der Waals surface area contributed by atoms with Gasteiger partial charge in [-0.25, -0.2) is 0 Å². The van der Waals surface area contributed by atoms with Crippen LogP contribution in [0, 0.1) is 6.42 Å². The second-order valence-electron chi connectivity index (χ2n) is 1.22. The van der Waals surface area contributed by atoms with Gasteiger partial charge in [0.1, 0.15) is 0 Å². The van der Waals surface area contributed by atoms with Crippen molar-refractivity contribution in [3.63, 3.8) is 0 Å². The molecular formula is C4H7Ru. The topological polar surface area (TPSA) is 0 Å². The van der Waals surface area contributed by atoms with E-state index in [0.29, 0.717) is 0 Å². The van der Waals surface area contributed by atoms with E-state index in [2.05, 4.69) is 6.42 Å². The maximum Gasteiger partial charge on any atom is 1.00 e. The van der Waals surface area contributed by atoms with E-state index in [1.54, 1.807) is 0 Å². The molecule has 5 heavy (non-hydrogen) atoms. The molecule has 0 atom stereocenters. The van der Waals surface area contributed by atoms with E-state index in [-0.39, 0.29) is 19.5 Å². The van der Waals surface area contributed by atoms with Gasteiger partial charge in [0, 0.05) is 0 Å². The predicted octanol–water partition coefficient (Wildman–Crippen LogP) is 1.37. The van der Waals surface area contributed by atoms with Crippen molar-refractivity contribution in [1.29, 1.82) is 0 Å². The zero-order valence-electron chi connectivity index (χ0n) is 3.05. The van der Waals surface area contributed by atoms with E-state index >= 15 is 0 Å². The van der Waals surface area contributed by atoms with E-state index in [4.69, 9.17) is 0 Å². The molecule has 1 saturated carbocycles. The van der Waals surface area contributed by atoms with E-state index < -0.39 is 0 Å². The van der Waals surface area contributed by atoms with Gasteiger partial charge >= 0.3 is 19.5 Å². The van der Waals surface area contributed by atoms with Gasteiger partial charge in [-0.05, 0) is 0 Å². The van der Waals surface area contributed by atoms with Crippen LogP contribution in [0.1, 0.15) is 19.3 Å². The van der Waals surface area contributed by atoms with Crippen molar-refractivity contribution in [2.75, 3.05) is 0 Å². The van der Waals surface area contributed by atoms with Crippen molar-refractivity contribution in [3.8, 4) is 0 Å². The molecule has 0 aromatic carbocycles. The Morgan fingerprint density at radius 2 is 1.40 bits per heavy atom. The smallest absolute Gasteiger partial charge is 0.329 e. The van der Waals surface area contributed by atoms with Crippen molar-refractivity contribution >= 4 is 0 Å². The molecule has 0 saturated heterocycles. The van der Waals surface area contributed by atoms with Crippen molar-refractivity contribution in [2.45, 2.75) is 19.3 Å². The molecule has 1 fully saturated rings. The summed E-state index contributed by atoms with van der Waals surface area (Å²) in [6, 6.07) is 0. The van der Waals surface area contributed by atoms with Crippen LogP contribution < -0.4 is 0 Å². The summed E-state index contributed by atoms with van der Waals surface area (Å²) in [5, 5.41) is 0. The number of hydrogen-bond donors (Lipinski definition) is 0. The van der Waals surface area contributed by atoms with Crippen LogP contribution in [0.3, 0.4) is 0 Å². The molecule has 0 N–H and O–H groups in total. The number of rotatable bonds is 0. The first-order chi connectivity index (χ1) is 2.00. The fourth-order valence-corrected chi connectivity index (χ4v) is 0.204. The summed E-state index contributed by atoms with van der Waals surface area (Å²) in [7, 11) is 0. The maximum atomic E-state index is 2.31. The van der Waals surface area contributed by atoms with Gasteiger partial charge in [0.2, 0.25) is 0 Å². The zero-order chi connectivity index (χ0) is 2.83. The Labute approximate surface area is 45.7 Å². The minimum atomic E-state index is 0. The number of hydrogen-bond acceptors (Lipinski definition) is 0. The van der Waals surface area contributed by atoms with Crippen LogP contribution in [0.5, 0.6) is 0 Å². The van der Waals surface area contributed by atoms with Gasteiger partial charge in [0.05, 0.1) is 0 Å². The monoisotopic (exact) mass is 157 g/mol. The minimum Gasteiger partial charge on any atom is -0.329 e. The Bertz CT molecular complexity index is 11.6. The summed E-state index contributed by atoms with van der Waals surface area (Å²) in [5.41, 5.74) is 0. The predicted molar refractivity (Wildman–Crippen MR) is 18.2 cm³/mol. The molecule has 0 heterocycles. The van der Waals surface area contributed by atoms with Gasteiger partial charge in [0.25, 0.3) is 0 Å². The Morgan fingerprint density at radius 1 is 1.20 bits per heavy atom. The van der Waals surface area contributed by atoms with E-state index in [0.717, 1.165) is 0 Å². The summed E-state index contributed by atoms with van der Waals surface area (Å²) < 4.78 is 0. The van der Waals surface area contributed by atoms with Gasteiger partial charge in [-0.3, -0.25) is 0 Å². The molecule has 1 aliphatic rings. The molecule has 0 aliphatic heterocycles. The minimum absolute atomic E-state index is 0. The standard InChI is InChI=1S/C4H7.Ru/c1-2-4-3-1;/h1H,2-4H2;/q-1;+1. The van der Waals surface area contributed by atoms with E-state index in [1.807, 2.05) is 0 Å². The molecule has 0 bridgehead atoms. The molecule has 0 spiro atoms. The van der Waals surface area contributed by atoms with Crippen LogP contribution in [0.2, 0.25) is 0 Å². The molecule has 31 valence electrons.